The predicted molar refractivity (Wildman–Crippen MR) is 121 cm³/mol. The van der Waals surface area contributed by atoms with Gasteiger partial charge in [0.15, 0.2) is 0 Å². The van der Waals surface area contributed by atoms with Gasteiger partial charge in [-0.3, -0.25) is 15.2 Å². The van der Waals surface area contributed by atoms with Gasteiger partial charge in [-0.05, 0) is 37.3 Å². The number of carbonyl (C=O) groups excluding carboxylic acids is 1. The second-order valence-electron chi connectivity index (χ2n) is 6.66. The number of hydrogen-bond donors (Lipinski definition) is 3. The first-order valence-electron chi connectivity index (χ1n) is 9.26. The molecule has 1 amide bonds. The van der Waals surface area contributed by atoms with E-state index in [2.05, 4.69) is 15.3 Å². The number of anilines is 2. The van der Waals surface area contributed by atoms with Crippen molar-refractivity contribution in [3.05, 3.63) is 94.1 Å². The van der Waals surface area contributed by atoms with E-state index in [0.717, 1.165) is 16.1 Å². The van der Waals surface area contributed by atoms with Crippen LogP contribution in [-0.2, 0) is 0 Å². The van der Waals surface area contributed by atoms with Gasteiger partial charge in [0.05, 0.1) is 23.3 Å². The Morgan fingerprint density at radius 1 is 1.07 bits per heavy atom. The molecular formula is C23H19N5OS. The van der Waals surface area contributed by atoms with Crippen molar-refractivity contribution in [3.8, 4) is 11.3 Å². The highest BCUT2D eigenvalue weighted by atomic mass is 32.1. The molecule has 0 unspecified atom stereocenters. The largest absolute Gasteiger partial charge is 0.398 e. The Labute approximate surface area is 178 Å². The smallest absolute Gasteiger partial charge is 0.255 e. The number of aryl methyl sites for hydroxylation is 1. The molecule has 0 atom stereocenters. The molecule has 4 rings (SSSR count). The highest BCUT2D eigenvalue weighted by Crippen LogP contribution is 2.30. The average Bonchev–Trinajstić information content (AvgIpc) is 3.16. The molecule has 2 aromatic heterocycles. The minimum atomic E-state index is -0.202. The fourth-order valence-corrected chi connectivity index (χ4v) is 3.93. The van der Waals surface area contributed by atoms with Crippen molar-refractivity contribution in [1.29, 1.82) is 5.41 Å². The minimum Gasteiger partial charge on any atom is -0.398 e. The van der Waals surface area contributed by atoms with E-state index in [4.69, 9.17) is 11.1 Å². The van der Waals surface area contributed by atoms with Crippen LogP contribution in [0.1, 0.15) is 25.8 Å². The van der Waals surface area contributed by atoms with Gasteiger partial charge >= 0.3 is 0 Å². The Morgan fingerprint density at radius 3 is 2.53 bits per heavy atom. The lowest BCUT2D eigenvalue weighted by atomic mass is 10.1. The zero-order valence-corrected chi connectivity index (χ0v) is 17.0. The third-order valence-electron chi connectivity index (χ3n) is 4.58. The summed E-state index contributed by atoms with van der Waals surface area (Å²) < 4.78 is 0. The third-order valence-corrected chi connectivity index (χ3v) is 5.57. The molecule has 2 heterocycles. The summed E-state index contributed by atoms with van der Waals surface area (Å²) >= 11 is 1.46. The van der Waals surface area contributed by atoms with Gasteiger partial charge in [-0.1, -0.05) is 30.3 Å². The van der Waals surface area contributed by atoms with Crippen LogP contribution in [0.5, 0.6) is 0 Å². The summed E-state index contributed by atoms with van der Waals surface area (Å²) in [6, 6.07) is 18.1. The van der Waals surface area contributed by atoms with Gasteiger partial charge < -0.3 is 11.1 Å². The molecule has 0 aliphatic heterocycles. The van der Waals surface area contributed by atoms with E-state index in [-0.39, 0.29) is 5.91 Å². The highest BCUT2D eigenvalue weighted by Gasteiger charge is 2.16. The van der Waals surface area contributed by atoms with Gasteiger partial charge in [-0.25, -0.2) is 4.98 Å². The zero-order valence-electron chi connectivity index (χ0n) is 16.2. The molecule has 2 aromatic carbocycles. The van der Waals surface area contributed by atoms with E-state index in [9.17, 15) is 4.79 Å². The van der Waals surface area contributed by atoms with Crippen molar-refractivity contribution in [2.45, 2.75) is 6.92 Å². The zero-order chi connectivity index (χ0) is 21.1. The summed E-state index contributed by atoms with van der Waals surface area (Å²) in [7, 11) is 0. The highest BCUT2D eigenvalue weighted by molar-refractivity contribution is 7.14. The molecule has 0 bridgehead atoms. The van der Waals surface area contributed by atoms with E-state index < -0.39 is 0 Å². The number of thiazole rings is 1. The summed E-state index contributed by atoms with van der Waals surface area (Å²) in [5, 5.41) is 11.9. The normalized spacial score (nSPS) is 10.6. The molecule has 7 heteroatoms. The monoisotopic (exact) mass is 413 g/mol. The van der Waals surface area contributed by atoms with Crippen LogP contribution in [0.15, 0.2) is 73.1 Å². The maximum atomic E-state index is 12.4. The number of carbonyl (C=O) groups is 1. The number of nitrogens with one attached hydrogen (secondary N) is 2. The van der Waals surface area contributed by atoms with Gasteiger partial charge in [0.2, 0.25) is 0 Å². The van der Waals surface area contributed by atoms with Gasteiger partial charge in [0.25, 0.3) is 5.91 Å². The summed E-state index contributed by atoms with van der Waals surface area (Å²) in [4.78, 5) is 22.1. The van der Waals surface area contributed by atoms with Crippen LogP contribution in [0.4, 0.5) is 11.4 Å². The number of rotatable bonds is 5. The van der Waals surface area contributed by atoms with Crippen molar-refractivity contribution in [2.75, 3.05) is 11.1 Å². The number of para-hydroxylation sites is 1. The van der Waals surface area contributed by atoms with Crippen molar-refractivity contribution in [3.63, 3.8) is 0 Å². The maximum Gasteiger partial charge on any atom is 0.255 e. The summed E-state index contributed by atoms with van der Waals surface area (Å²) in [6.45, 7) is 1.97. The van der Waals surface area contributed by atoms with Crippen LogP contribution < -0.4 is 11.1 Å². The second-order valence-corrected chi connectivity index (χ2v) is 7.86. The predicted octanol–water partition coefficient (Wildman–Crippen LogP) is 4.76. The molecule has 0 fully saturated rings. The van der Waals surface area contributed by atoms with Crippen LogP contribution in [0.25, 0.3) is 11.3 Å². The van der Waals surface area contributed by atoms with Crippen LogP contribution in [0.3, 0.4) is 0 Å². The van der Waals surface area contributed by atoms with E-state index in [1.807, 2.05) is 37.3 Å². The summed E-state index contributed by atoms with van der Waals surface area (Å²) in [5.74, 6) is -0.202. The lowest BCUT2D eigenvalue weighted by Gasteiger charge is -2.06. The third kappa shape index (κ3) is 3.97. The Kier molecular flexibility index (Phi) is 5.36. The van der Waals surface area contributed by atoms with Crippen molar-refractivity contribution in [2.24, 2.45) is 0 Å². The number of hydrogen-bond acceptors (Lipinski definition) is 6. The van der Waals surface area contributed by atoms with Crippen LogP contribution in [-0.4, -0.2) is 21.6 Å². The molecule has 0 saturated carbocycles. The average molecular weight is 414 g/mol. The first-order valence-corrected chi connectivity index (χ1v) is 10.1. The van der Waals surface area contributed by atoms with Gasteiger partial charge in [-0.2, -0.15) is 0 Å². The van der Waals surface area contributed by atoms with Crippen molar-refractivity contribution >= 4 is 34.3 Å². The minimum absolute atomic E-state index is 0.202. The lowest BCUT2D eigenvalue weighted by molar-refractivity contribution is 0.102. The van der Waals surface area contributed by atoms with Crippen LogP contribution >= 0.6 is 11.3 Å². The molecule has 30 heavy (non-hydrogen) atoms. The number of nitrogen functional groups attached to an aromatic ring is 1. The Hall–Kier alpha value is -3.84. The number of benzene rings is 2. The van der Waals surface area contributed by atoms with Gasteiger partial charge in [0, 0.05) is 33.5 Å². The summed E-state index contributed by atoms with van der Waals surface area (Å²) in [5.41, 5.74) is 10.4. The number of nitrogens with two attached hydrogens (primary N) is 1. The molecular weight excluding hydrogens is 394 g/mol. The van der Waals surface area contributed by atoms with E-state index in [1.165, 1.54) is 11.3 Å². The van der Waals surface area contributed by atoms with Crippen molar-refractivity contribution < 1.29 is 4.79 Å². The van der Waals surface area contributed by atoms with Gasteiger partial charge in [-0.15, -0.1) is 11.3 Å². The molecule has 6 nitrogen and oxygen atoms in total. The first-order chi connectivity index (χ1) is 14.5. The molecule has 0 radical (unpaired) electrons. The van der Waals surface area contributed by atoms with Crippen LogP contribution in [0, 0.1) is 12.3 Å². The molecule has 0 saturated heterocycles. The SMILES string of the molecule is Cc1sc(C(=N)c2ccccc2N)nc1-c1ccc(C(=O)Nc2cccnc2)cc1. The number of amides is 1. The lowest BCUT2D eigenvalue weighted by Crippen LogP contribution is -2.11. The molecule has 148 valence electrons. The first kappa shape index (κ1) is 19.5. The Morgan fingerprint density at radius 2 is 1.83 bits per heavy atom. The molecule has 0 spiro atoms. The molecule has 4 N–H and O–H groups in total. The van der Waals surface area contributed by atoms with Gasteiger partial charge in [0.1, 0.15) is 5.01 Å². The fraction of sp³-hybridized carbons (Fsp3) is 0.0435. The number of nitrogens with zero attached hydrogens (tertiary/aromatic N) is 2. The maximum absolute atomic E-state index is 12.4. The standard InChI is InChI=1S/C23H19N5OS/c1-14-21(28-23(30-14)20(25)18-6-2-3-7-19(18)24)15-8-10-16(11-9-15)22(29)27-17-5-4-12-26-13-17/h2-13,25H,24H2,1H3,(H,27,29). The quantitative estimate of drug-likeness (QED) is 0.324. The molecule has 0 aliphatic rings. The Bertz CT molecular complexity index is 1220. The van der Waals surface area contributed by atoms with Crippen molar-refractivity contribution in [1.82, 2.24) is 9.97 Å². The number of pyridine rings is 1. The van der Waals surface area contributed by atoms with E-state index in [0.29, 0.717) is 33.2 Å². The van der Waals surface area contributed by atoms with Crippen LogP contribution in [0.2, 0.25) is 0 Å². The second kappa shape index (κ2) is 8.26. The molecule has 0 aliphatic carbocycles. The number of aromatic nitrogens is 2. The Balaban J connectivity index is 1.56. The van der Waals surface area contributed by atoms with E-state index >= 15 is 0 Å². The topological polar surface area (TPSA) is 105 Å². The molecule has 4 aromatic rings. The fourth-order valence-electron chi connectivity index (χ4n) is 3.03. The summed E-state index contributed by atoms with van der Waals surface area (Å²) in [6.07, 6.45) is 3.25. The van der Waals surface area contributed by atoms with E-state index in [1.54, 1.807) is 42.7 Å².